The number of benzene rings is 1. The Morgan fingerprint density at radius 1 is 1.44 bits per heavy atom. The first-order chi connectivity index (χ1) is 8.51. The minimum atomic E-state index is -0.120. The molecule has 1 fully saturated rings. The molecule has 2 N–H and O–H groups in total. The third kappa shape index (κ3) is 2.90. The van der Waals surface area contributed by atoms with Crippen LogP contribution in [-0.4, -0.2) is 24.5 Å². The molecule has 1 aromatic carbocycles. The summed E-state index contributed by atoms with van der Waals surface area (Å²) in [7, 11) is 2.04. The fourth-order valence-corrected chi connectivity index (χ4v) is 3.05. The monoisotopic (exact) mass is 250 g/mol. The van der Waals surface area contributed by atoms with Gasteiger partial charge in [0.15, 0.2) is 0 Å². The van der Waals surface area contributed by atoms with E-state index < -0.39 is 0 Å². The maximum atomic E-state index is 13.6. The summed E-state index contributed by atoms with van der Waals surface area (Å²) >= 11 is 0. The molecule has 2 nitrogen and oxygen atoms in total. The Hall–Kier alpha value is -0.930. The molecule has 0 spiro atoms. The average molecular weight is 250 g/mol. The van der Waals surface area contributed by atoms with Crippen molar-refractivity contribution < 1.29 is 4.39 Å². The Labute approximate surface area is 109 Å². The van der Waals surface area contributed by atoms with E-state index in [4.69, 9.17) is 5.73 Å². The predicted octanol–water partition coefficient (Wildman–Crippen LogP) is 2.78. The van der Waals surface area contributed by atoms with Crippen molar-refractivity contribution in [1.29, 1.82) is 0 Å². The first-order valence-electron chi connectivity index (χ1n) is 6.69. The van der Waals surface area contributed by atoms with Crippen LogP contribution in [0.15, 0.2) is 24.3 Å². The lowest BCUT2D eigenvalue weighted by Gasteiger charge is -2.33. The predicted molar refractivity (Wildman–Crippen MR) is 72.7 cm³/mol. The smallest absolute Gasteiger partial charge is 0.127 e. The second-order valence-electron chi connectivity index (χ2n) is 5.92. The van der Waals surface area contributed by atoms with E-state index in [1.807, 2.05) is 19.2 Å². The first-order valence-corrected chi connectivity index (χ1v) is 6.69. The quantitative estimate of drug-likeness (QED) is 0.890. The van der Waals surface area contributed by atoms with Gasteiger partial charge >= 0.3 is 0 Å². The van der Waals surface area contributed by atoms with E-state index in [1.54, 1.807) is 6.07 Å². The fraction of sp³-hybridized carbons (Fsp3) is 0.600. The number of nitrogens with zero attached hydrogens (tertiary/aromatic N) is 1. The Morgan fingerprint density at radius 2 is 2.17 bits per heavy atom. The Kier molecular flexibility index (Phi) is 4.03. The Bertz CT molecular complexity index is 407. The molecule has 2 atom stereocenters. The van der Waals surface area contributed by atoms with Crippen molar-refractivity contribution >= 4 is 0 Å². The molecule has 0 aromatic heterocycles. The highest BCUT2D eigenvalue weighted by atomic mass is 19.1. The molecule has 100 valence electrons. The summed E-state index contributed by atoms with van der Waals surface area (Å²) in [5.41, 5.74) is 7.12. The van der Waals surface area contributed by atoms with Gasteiger partial charge in [-0.2, -0.15) is 0 Å². The van der Waals surface area contributed by atoms with Gasteiger partial charge in [0, 0.05) is 24.7 Å². The molecule has 2 rings (SSSR count). The van der Waals surface area contributed by atoms with Gasteiger partial charge in [-0.1, -0.05) is 31.5 Å². The second-order valence-corrected chi connectivity index (χ2v) is 5.92. The van der Waals surface area contributed by atoms with Gasteiger partial charge in [-0.3, -0.25) is 0 Å². The summed E-state index contributed by atoms with van der Waals surface area (Å²) in [6.07, 6.45) is 3.50. The third-order valence-corrected chi connectivity index (χ3v) is 4.19. The van der Waals surface area contributed by atoms with E-state index in [1.165, 1.54) is 18.9 Å². The molecule has 1 aliphatic carbocycles. The summed E-state index contributed by atoms with van der Waals surface area (Å²) < 4.78 is 13.6. The maximum Gasteiger partial charge on any atom is 0.127 e. The number of hydrogen-bond donors (Lipinski definition) is 1. The number of hydrogen-bond acceptors (Lipinski definition) is 2. The topological polar surface area (TPSA) is 29.3 Å². The average Bonchev–Trinajstić information content (AvgIpc) is 2.62. The van der Waals surface area contributed by atoms with Gasteiger partial charge in [0.25, 0.3) is 0 Å². The van der Waals surface area contributed by atoms with E-state index in [9.17, 15) is 4.39 Å². The van der Waals surface area contributed by atoms with Gasteiger partial charge in [0.2, 0.25) is 0 Å². The van der Waals surface area contributed by atoms with Crippen LogP contribution in [0.4, 0.5) is 4.39 Å². The molecule has 1 aromatic rings. The lowest BCUT2D eigenvalue weighted by Crippen LogP contribution is -2.42. The van der Waals surface area contributed by atoms with Crippen LogP contribution in [0.2, 0.25) is 0 Å². The van der Waals surface area contributed by atoms with Crippen LogP contribution >= 0.6 is 0 Å². The van der Waals surface area contributed by atoms with Gasteiger partial charge in [-0.15, -0.1) is 0 Å². The lowest BCUT2D eigenvalue weighted by molar-refractivity contribution is 0.172. The minimum absolute atomic E-state index is 0.120. The minimum Gasteiger partial charge on any atom is -0.327 e. The molecule has 18 heavy (non-hydrogen) atoms. The van der Waals surface area contributed by atoms with Crippen LogP contribution in [0.5, 0.6) is 0 Å². The largest absolute Gasteiger partial charge is 0.327 e. The summed E-state index contributed by atoms with van der Waals surface area (Å²) in [4.78, 5) is 2.18. The van der Waals surface area contributed by atoms with E-state index in [0.29, 0.717) is 6.54 Å². The maximum absolute atomic E-state index is 13.6. The molecule has 1 aliphatic rings. The van der Waals surface area contributed by atoms with E-state index in [2.05, 4.69) is 11.8 Å². The molecular weight excluding hydrogens is 227 g/mol. The fourth-order valence-electron chi connectivity index (χ4n) is 3.05. The Balaban J connectivity index is 1.97. The normalized spacial score (nSPS) is 27.9. The van der Waals surface area contributed by atoms with Gasteiger partial charge in [-0.25, -0.2) is 4.39 Å². The molecule has 2 unspecified atom stereocenters. The van der Waals surface area contributed by atoms with Crippen LogP contribution in [0, 0.1) is 11.2 Å². The standard InChI is InChI=1S/C15H23FN2/c1-15(9-5-8-14(15)17)11-18(2)10-12-6-3-4-7-13(12)16/h3-4,6-7,14H,5,8-11,17H2,1-2H3. The molecule has 0 aliphatic heterocycles. The summed E-state index contributed by atoms with van der Waals surface area (Å²) in [6.45, 7) is 3.83. The van der Waals surface area contributed by atoms with Gasteiger partial charge in [0.05, 0.1) is 0 Å². The number of halogens is 1. The van der Waals surface area contributed by atoms with E-state index in [-0.39, 0.29) is 17.3 Å². The van der Waals surface area contributed by atoms with Crippen LogP contribution in [0.25, 0.3) is 0 Å². The van der Waals surface area contributed by atoms with Crippen molar-refractivity contribution in [2.45, 2.75) is 38.8 Å². The van der Waals surface area contributed by atoms with Gasteiger partial charge < -0.3 is 10.6 Å². The lowest BCUT2D eigenvalue weighted by atomic mass is 9.84. The zero-order chi connectivity index (χ0) is 13.2. The first kappa shape index (κ1) is 13.5. The van der Waals surface area contributed by atoms with Crippen LogP contribution in [0.1, 0.15) is 31.7 Å². The molecule has 1 saturated carbocycles. The number of nitrogens with two attached hydrogens (primary N) is 1. The summed E-state index contributed by atoms with van der Waals surface area (Å²) in [5, 5.41) is 0. The molecule has 0 saturated heterocycles. The molecular formula is C15H23FN2. The van der Waals surface area contributed by atoms with Crippen molar-refractivity contribution in [3.05, 3.63) is 35.6 Å². The van der Waals surface area contributed by atoms with Crippen molar-refractivity contribution in [2.24, 2.45) is 11.1 Å². The SMILES string of the molecule is CN(Cc1ccccc1F)CC1(C)CCCC1N. The molecule has 3 heteroatoms. The highest BCUT2D eigenvalue weighted by molar-refractivity contribution is 5.17. The summed E-state index contributed by atoms with van der Waals surface area (Å²) in [5.74, 6) is -0.120. The molecule has 0 amide bonds. The molecule has 0 heterocycles. The molecule has 0 bridgehead atoms. The van der Waals surface area contributed by atoms with Crippen LogP contribution in [0.3, 0.4) is 0 Å². The van der Waals surface area contributed by atoms with Crippen molar-refractivity contribution in [3.63, 3.8) is 0 Å². The van der Waals surface area contributed by atoms with Gasteiger partial charge in [0.1, 0.15) is 5.82 Å². The van der Waals surface area contributed by atoms with Crippen molar-refractivity contribution in [2.75, 3.05) is 13.6 Å². The van der Waals surface area contributed by atoms with Gasteiger partial charge in [-0.05, 0) is 31.4 Å². The third-order valence-electron chi connectivity index (χ3n) is 4.19. The van der Waals surface area contributed by atoms with Crippen LogP contribution < -0.4 is 5.73 Å². The highest BCUT2D eigenvalue weighted by Gasteiger charge is 2.37. The highest BCUT2D eigenvalue weighted by Crippen LogP contribution is 2.37. The van der Waals surface area contributed by atoms with Crippen LogP contribution in [-0.2, 0) is 6.54 Å². The molecule has 0 radical (unpaired) electrons. The summed E-state index contributed by atoms with van der Waals surface area (Å²) in [6, 6.07) is 7.26. The Morgan fingerprint density at radius 3 is 2.78 bits per heavy atom. The van der Waals surface area contributed by atoms with Crippen molar-refractivity contribution in [1.82, 2.24) is 4.90 Å². The second kappa shape index (κ2) is 5.37. The zero-order valence-electron chi connectivity index (χ0n) is 11.3. The zero-order valence-corrected chi connectivity index (χ0v) is 11.3. The van der Waals surface area contributed by atoms with E-state index >= 15 is 0 Å². The number of rotatable bonds is 4. The van der Waals surface area contributed by atoms with Crippen molar-refractivity contribution in [3.8, 4) is 0 Å². The van der Waals surface area contributed by atoms with E-state index in [0.717, 1.165) is 18.5 Å².